The minimum Gasteiger partial charge on any atom is -0.383 e. The number of methoxy groups -OCH3 is 1. The number of hydrogen-bond acceptors (Lipinski definition) is 5. The Labute approximate surface area is 170 Å². The number of nitrogens with zero attached hydrogens (tertiary/aromatic N) is 3. The second kappa shape index (κ2) is 8.42. The van der Waals surface area contributed by atoms with Gasteiger partial charge in [-0.1, -0.05) is 29.4 Å². The summed E-state index contributed by atoms with van der Waals surface area (Å²) in [4.78, 5) is 17.2. The third-order valence-corrected chi connectivity index (χ3v) is 4.75. The van der Waals surface area contributed by atoms with E-state index < -0.39 is 23.6 Å². The molecule has 0 saturated heterocycles. The van der Waals surface area contributed by atoms with Gasteiger partial charge in [-0.15, -0.1) is 0 Å². The molecule has 7 nitrogen and oxygen atoms in total. The van der Waals surface area contributed by atoms with Crippen molar-refractivity contribution in [2.24, 2.45) is 0 Å². The zero-order valence-electron chi connectivity index (χ0n) is 16.0. The molecule has 30 heavy (non-hydrogen) atoms. The van der Waals surface area contributed by atoms with E-state index in [1.807, 2.05) is 28.8 Å². The molecule has 9 heteroatoms. The van der Waals surface area contributed by atoms with Gasteiger partial charge in [-0.25, -0.2) is 8.78 Å². The summed E-state index contributed by atoms with van der Waals surface area (Å²) >= 11 is 0. The average Bonchev–Trinajstić information content (AvgIpc) is 3.40. The monoisotopic (exact) mass is 412 g/mol. The largest absolute Gasteiger partial charge is 0.383 e. The van der Waals surface area contributed by atoms with Gasteiger partial charge in [0.05, 0.1) is 6.61 Å². The summed E-state index contributed by atoms with van der Waals surface area (Å²) in [6.07, 6.45) is 1.10. The molecule has 2 aromatic heterocycles. The first-order valence-corrected chi connectivity index (χ1v) is 9.17. The Balaban J connectivity index is 1.72. The van der Waals surface area contributed by atoms with Crippen LogP contribution in [0.1, 0.15) is 27.9 Å². The van der Waals surface area contributed by atoms with E-state index in [9.17, 15) is 13.6 Å². The predicted molar refractivity (Wildman–Crippen MR) is 104 cm³/mol. The second-order valence-corrected chi connectivity index (χ2v) is 6.60. The van der Waals surface area contributed by atoms with Crippen LogP contribution in [0.15, 0.2) is 59.4 Å². The van der Waals surface area contributed by atoms with Crippen LogP contribution in [0.2, 0.25) is 0 Å². The summed E-state index contributed by atoms with van der Waals surface area (Å²) in [5.41, 5.74) is 1.55. The normalized spacial score (nSPS) is 12.2. The lowest BCUT2D eigenvalue weighted by Crippen LogP contribution is -2.32. The molecule has 0 aliphatic carbocycles. The maximum atomic E-state index is 13.8. The van der Waals surface area contributed by atoms with Crippen molar-refractivity contribution < 1.29 is 22.8 Å². The molecule has 154 valence electrons. The Kier molecular flexibility index (Phi) is 5.53. The molecular weight excluding hydrogens is 394 g/mol. The molecule has 0 spiro atoms. The lowest BCUT2D eigenvalue weighted by molar-refractivity contribution is 0.0929. The van der Waals surface area contributed by atoms with E-state index in [4.69, 9.17) is 9.26 Å². The number of halogens is 2. The molecule has 0 saturated carbocycles. The zero-order chi connectivity index (χ0) is 21.1. The van der Waals surface area contributed by atoms with Crippen LogP contribution in [-0.2, 0) is 11.3 Å². The van der Waals surface area contributed by atoms with Crippen LogP contribution in [0.3, 0.4) is 0 Å². The highest BCUT2D eigenvalue weighted by Crippen LogP contribution is 2.24. The van der Waals surface area contributed by atoms with E-state index >= 15 is 0 Å². The van der Waals surface area contributed by atoms with Crippen molar-refractivity contribution in [2.45, 2.75) is 12.6 Å². The van der Waals surface area contributed by atoms with Gasteiger partial charge in [0.1, 0.15) is 11.7 Å². The van der Waals surface area contributed by atoms with Crippen molar-refractivity contribution in [3.8, 4) is 0 Å². The van der Waals surface area contributed by atoms with Gasteiger partial charge >= 0.3 is 0 Å². The van der Waals surface area contributed by atoms with Crippen molar-refractivity contribution in [3.63, 3.8) is 0 Å². The molecule has 0 bridgehead atoms. The molecule has 4 rings (SSSR count). The summed E-state index contributed by atoms with van der Waals surface area (Å²) < 4.78 is 39.0. The molecule has 4 aromatic rings. The lowest BCUT2D eigenvalue weighted by atomic mass is 10.1. The van der Waals surface area contributed by atoms with Crippen LogP contribution in [0.5, 0.6) is 0 Å². The minimum absolute atomic E-state index is 0.119. The highest BCUT2D eigenvalue weighted by Gasteiger charge is 2.25. The molecule has 0 unspecified atom stereocenters. The Bertz CT molecular complexity index is 1170. The van der Waals surface area contributed by atoms with Gasteiger partial charge in [0.25, 0.3) is 5.91 Å². The van der Waals surface area contributed by atoms with E-state index in [0.717, 1.165) is 29.4 Å². The predicted octanol–water partition coefficient (Wildman–Crippen LogP) is 3.47. The molecular formula is C21H18F2N4O3. The molecule has 0 aliphatic rings. The van der Waals surface area contributed by atoms with Crippen LogP contribution in [-0.4, -0.2) is 34.3 Å². The number of hydrogen-bond donors (Lipinski definition) is 1. The van der Waals surface area contributed by atoms with Crippen LogP contribution >= 0.6 is 0 Å². The third kappa shape index (κ3) is 3.79. The number of benzene rings is 2. The lowest BCUT2D eigenvalue weighted by Gasteiger charge is -2.17. The smallest absolute Gasteiger partial charge is 0.268 e. The molecule has 2 heterocycles. The third-order valence-electron chi connectivity index (χ3n) is 4.75. The number of ether oxygens (including phenoxy) is 1. The number of rotatable bonds is 7. The maximum absolute atomic E-state index is 13.8. The number of para-hydroxylation sites is 1. The van der Waals surface area contributed by atoms with Gasteiger partial charge in [-0.05, 0) is 29.8 Å². The van der Waals surface area contributed by atoms with Crippen molar-refractivity contribution in [3.05, 3.63) is 83.6 Å². The summed E-state index contributed by atoms with van der Waals surface area (Å²) in [6, 6.07) is 11.8. The van der Waals surface area contributed by atoms with E-state index in [2.05, 4.69) is 15.5 Å². The van der Waals surface area contributed by atoms with Crippen molar-refractivity contribution in [2.75, 3.05) is 13.7 Å². The Morgan fingerprint density at radius 1 is 1.20 bits per heavy atom. The van der Waals surface area contributed by atoms with Gasteiger partial charge in [0.2, 0.25) is 6.39 Å². The Morgan fingerprint density at radius 2 is 2.03 bits per heavy atom. The van der Waals surface area contributed by atoms with Crippen molar-refractivity contribution >= 4 is 16.8 Å². The van der Waals surface area contributed by atoms with E-state index in [1.165, 1.54) is 6.07 Å². The maximum Gasteiger partial charge on any atom is 0.268 e. The van der Waals surface area contributed by atoms with Gasteiger partial charge < -0.3 is 19.1 Å². The first kappa shape index (κ1) is 19.7. The van der Waals surface area contributed by atoms with Crippen molar-refractivity contribution in [1.82, 2.24) is 20.0 Å². The molecule has 1 N–H and O–H groups in total. The minimum atomic E-state index is -1.04. The van der Waals surface area contributed by atoms with Gasteiger partial charge in [-0.3, -0.25) is 4.79 Å². The summed E-state index contributed by atoms with van der Waals surface area (Å²) in [5.74, 6) is -2.34. The average molecular weight is 412 g/mol. The van der Waals surface area contributed by atoms with Gasteiger partial charge in [0, 0.05) is 24.6 Å². The molecule has 1 amide bonds. The summed E-state index contributed by atoms with van der Waals surface area (Å²) in [6.45, 7) is 0.876. The number of nitrogens with one attached hydrogen (secondary N) is 1. The number of amides is 1. The molecule has 0 aliphatic heterocycles. The first-order chi connectivity index (χ1) is 14.6. The number of carbonyl (C=O) groups is 1. The summed E-state index contributed by atoms with van der Waals surface area (Å²) in [5, 5.41) is 7.46. The van der Waals surface area contributed by atoms with Crippen LogP contribution in [0, 0.1) is 11.6 Å². The SMILES string of the molecule is COCCn1c(C(=O)N[C@H](c2ccc(F)c(F)c2)c2ncon2)cc2ccccc21. The second-order valence-electron chi connectivity index (χ2n) is 6.60. The Hall–Kier alpha value is -3.59. The fourth-order valence-corrected chi connectivity index (χ4v) is 3.32. The topological polar surface area (TPSA) is 82.2 Å². The standard InChI is InChI=1S/C21H18F2N4O3/c1-29-9-8-27-17-5-3-2-4-13(17)11-18(27)21(28)25-19(20-24-12-30-26-20)14-6-7-15(22)16(23)10-14/h2-7,10-12,19H,8-9H2,1H3,(H,25,28)/t19-/m1/s1. The fourth-order valence-electron chi connectivity index (χ4n) is 3.32. The summed E-state index contributed by atoms with van der Waals surface area (Å²) in [7, 11) is 1.58. The molecule has 0 radical (unpaired) electrons. The number of aromatic nitrogens is 3. The molecule has 0 fully saturated rings. The van der Waals surface area contributed by atoms with E-state index in [0.29, 0.717) is 18.8 Å². The zero-order valence-corrected chi connectivity index (χ0v) is 16.0. The quantitative estimate of drug-likeness (QED) is 0.503. The van der Waals surface area contributed by atoms with Crippen LogP contribution < -0.4 is 5.32 Å². The van der Waals surface area contributed by atoms with E-state index in [-0.39, 0.29) is 11.4 Å². The first-order valence-electron chi connectivity index (χ1n) is 9.17. The molecule has 2 aromatic carbocycles. The number of carbonyl (C=O) groups excluding carboxylic acids is 1. The highest BCUT2D eigenvalue weighted by atomic mass is 19.2. The van der Waals surface area contributed by atoms with E-state index in [1.54, 1.807) is 13.2 Å². The number of fused-ring (bicyclic) bond motifs is 1. The fraction of sp³-hybridized carbons (Fsp3) is 0.190. The van der Waals surface area contributed by atoms with Gasteiger partial charge in [-0.2, -0.15) is 4.98 Å². The van der Waals surface area contributed by atoms with Crippen LogP contribution in [0.25, 0.3) is 10.9 Å². The van der Waals surface area contributed by atoms with Gasteiger partial charge in [0.15, 0.2) is 17.5 Å². The Morgan fingerprint density at radius 3 is 2.77 bits per heavy atom. The van der Waals surface area contributed by atoms with Crippen LogP contribution in [0.4, 0.5) is 8.78 Å². The molecule has 1 atom stereocenters. The van der Waals surface area contributed by atoms with Crippen molar-refractivity contribution in [1.29, 1.82) is 0 Å². The highest BCUT2D eigenvalue weighted by molar-refractivity contribution is 5.99.